The van der Waals surface area contributed by atoms with Gasteiger partial charge in [0.15, 0.2) is 0 Å². The van der Waals surface area contributed by atoms with E-state index in [4.69, 9.17) is 4.74 Å². The minimum atomic E-state index is -3.59. The van der Waals surface area contributed by atoms with Crippen molar-refractivity contribution in [3.8, 4) is 0 Å². The fourth-order valence-corrected chi connectivity index (χ4v) is 4.21. The topological polar surface area (TPSA) is 88.3 Å². The van der Waals surface area contributed by atoms with Gasteiger partial charge in [-0.2, -0.15) is 0 Å². The Labute approximate surface area is 141 Å². The highest BCUT2D eigenvalue weighted by Gasteiger charge is 2.19. The summed E-state index contributed by atoms with van der Waals surface area (Å²) >= 11 is 0. The number of aromatic amines is 1. The van der Waals surface area contributed by atoms with E-state index in [2.05, 4.69) is 9.71 Å². The van der Waals surface area contributed by atoms with Crippen molar-refractivity contribution in [1.29, 1.82) is 0 Å². The minimum absolute atomic E-state index is 0.0531. The summed E-state index contributed by atoms with van der Waals surface area (Å²) in [6.45, 7) is 2.99. The van der Waals surface area contributed by atoms with Gasteiger partial charge in [0.1, 0.15) is 0 Å². The summed E-state index contributed by atoms with van der Waals surface area (Å²) in [6, 6.07) is 4.86. The predicted octanol–water partition coefficient (Wildman–Crippen LogP) is 1.72. The molecule has 2 aromatic rings. The van der Waals surface area contributed by atoms with Gasteiger partial charge >= 0.3 is 0 Å². The first kappa shape index (κ1) is 17.1. The Bertz CT molecular complexity index is 903. The van der Waals surface area contributed by atoms with E-state index in [0.29, 0.717) is 18.7 Å². The molecular formula is C17H22N2O4S. The molecule has 3 rings (SSSR count). The van der Waals surface area contributed by atoms with Crippen molar-refractivity contribution in [3.05, 3.63) is 39.7 Å². The second-order valence-corrected chi connectivity index (χ2v) is 7.69. The molecule has 24 heavy (non-hydrogen) atoms. The molecule has 0 bridgehead atoms. The average Bonchev–Trinajstić information content (AvgIpc) is 2.59. The molecule has 0 aliphatic heterocycles. The van der Waals surface area contributed by atoms with Gasteiger partial charge in [0, 0.05) is 29.6 Å². The summed E-state index contributed by atoms with van der Waals surface area (Å²) in [5.41, 5.74) is 2.43. The van der Waals surface area contributed by atoms with Crippen LogP contribution in [0.25, 0.3) is 10.9 Å². The average molecular weight is 350 g/mol. The van der Waals surface area contributed by atoms with Gasteiger partial charge in [-0.05, 0) is 56.4 Å². The second-order valence-electron chi connectivity index (χ2n) is 5.92. The summed E-state index contributed by atoms with van der Waals surface area (Å²) in [4.78, 5) is 15.2. The molecule has 0 spiro atoms. The molecule has 1 aromatic heterocycles. The molecule has 0 saturated carbocycles. The Kier molecular flexibility index (Phi) is 5.03. The summed E-state index contributed by atoms with van der Waals surface area (Å²) in [7, 11) is -3.59. The normalized spacial score (nSPS) is 14.7. The molecular weight excluding hydrogens is 328 g/mol. The van der Waals surface area contributed by atoms with Crippen LogP contribution in [0.3, 0.4) is 0 Å². The maximum absolute atomic E-state index is 12.4. The van der Waals surface area contributed by atoms with E-state index >= 15 is 0 Å². The van der Waals surface area contributed by atoms with E-state index in [9.17, 15) is 13.2 Å². The zero-order valence-electron chi connectivity index (χ0n) is 13.7. The molecule has 0 radical (unpaired) electrons. The van der Waals surface area contributed by atoms with E-state index < -0.39 is 10.0 Å². The minimum Gasteiger partial charge on any atom is -0.380 e. The van der Waals surface area contributed by atoms with Crippen molar-refractivity contribution < 1.29 is 13.2 Å². The zero-order valence-corrected chi connectivity index (χ0v) is 14.5. The van der Waals surface area contributed by atoms with Crippen molar-refractivity contribution in [2.24, 2.45) is 0 Å². The fourth-order valence-electron chi connectivity index (χ4n) is 3.18. The number of sulfonamides is 1. The van der Waals surface area contributed by atoms with Gasteiger partial charge in [-0.15, -0.1) is 0 Å². The molecule has 0 amide bonds. The van der Waals surface area contributed by atoms with Crippen LogP contribution in [0.5, 0.6) is 0 Å². The third-order valence-corrected chi connectivity index (χ3v) is 5.82. The third kappa shape index (κ3) is 3.38. The van der Waals surface area contributed by atoms with Crippen LogP contribution in [-0.4, -0.2) is 33.2 Å². The zero-order chi connectivity index (χ0) is 17.2. The number of fused-ring (bicyclic) bond motifs is 3. The van der Waals surface area contributed by atoms with Crippen LogP contribution in [0.1, 0.15) is 30.9 Å². The number of hydrogen-bond donors (Lipinski definition) is 2. The van der Waals surface area contributed by atoms with Gasteiger partial charge in [-0.1, -0.05) is 0 Å². The summed E-state index contributed by atoms with van der Waals surface area (Å²) in [5, 5.41) is 0.831. The van der Waals surface area contributed by atoms with Gasteiger partial charge in [-0.3, -0.25) is 4.79 Å². The fraction of sp³-hybridized carbons (Fsp3) is 0.471. The number of ether oxygens (including phenoxy) is 1. The molecule has 0 saturated heterocycles. The summed E-state index contributed by atoms with van der Waals surface area (Å²) in [5.74, 6) is 0. The summed E-state index contributed by atoms with van der Waals surface area (Å²) in [6.07, 6.45) is 3.59. The highest BCUT2D eigenvalue weighted by Crippen LogP contribution is 2.27. The molecule has 7 heteroatoms. The number of H-pyrrole nitrogens is 1. The van der Waals surface area contributed by atoms with Crippen LogP contribution >= 0.6 is 0 Å². The van der Waals surface area contributed by atoms with Gasteiger partial charge in [0.05, 0.1) is 11.5 Å². The highest BCUT2D eigenvalue weighted by molar-refractivity contribution is 7.89. The molecule has 0 fully saturated rings. The van der Waals surface area contributed by atoms with Crippen molar-refractivity contribution in [1.82, 2.24) is 9.71 Å². The van der Waals surface area contributed by atoms with Crippen LogP contribution in [0.4, 0.5) is 0 Å². The first-order valence-corrected chi connectivity index (χ1v) is 9.76. The van der Waals surface area contributed by atoms with Crippen LogP contribution < -0.4 is 10.3 Å². The Balaban J connectivity index is 1.99. The van der Waals surface area contributed by atoms with E-state index in [1.807, 2.05) is 6.92 Å². The van der Waals surface area contributed by atoms with E-state index in [0.717, 1.165) is 42.2 Å². The van der Waals surface area contributed by atoms with E-state index in [1.165, 1.54) is 6.07 Å². The number of hydrogen-bond acceptors (Lipinski definition) is 4. The third-order valence-electron chi connectivity index (χ3n) is 4.36. The number of pyridine rings is 1. The van der Waals surface area contributed by atoms with Crippen molar-refractivity contribution in [2.75, 3.05) is 19.8 Å². The predicted molar refractivity (Wildman–Crippen MR) is 92.9 cm³/mol. The molecule has 1 aromatic carbocycles. The first-order valence-electron chi connectivity index (χ1n) is 8.28. The lowest BCUT2D eigenvalue weighted by atomic mass is 9.90. The summed E-state index contributed by atoms with van der Waals surface area (Å²) < 4.78 is 32.6. The monoisotopic (exact) mass is 350 g/mol. The van der Waals surface area contributed by atoms with Gasteiger partial charge in [0.2, 0.25) is 10.0 Å². The second kappa shape index (κ2) is 7.04. The largest absolute Gasteiger partial charge is 0.380 e. The van der Waals surface area contributed by atoms with E-state index in [-0.39, 0.29) is 17.0 Å². The smallest absolute Gasteiger partial charge is 0.251 e. The first-order chi connectivity index (χ1) is 11.5. The number of aryl methyl sites for hydroxylation is 1. The Morgan fingerprint density at radius 2 is 1.96 bits per heavy atom. The number of rotatable bonds is 6. The Morgan fingerprint density at radius 1 is 1.21 bits per heavy atom. The molecule has 130 valence electrons. The molecule has 0 unspecified atom stereocenters. The lowest BCUT2D eigenvalue weighted by molar-refractivity contribution is 0.153. The molecule has 1 aliphatic carbocycles. The van der Waals surface area contributed by atoms with Crippen molar-refractivity contribution in [3.63, 3.8) is 0 Å². The van der Waals surface area contributed by atoms with Crippen LogP contribution in [0.2, 0.25) is 0 Å². The number of aromatic nitrogens is 1. The van der Waals surface area contributed by atoms with E-state index in [1.54, 1.807) is 12.1 Å². The van der Waals surface area contributed by atoms with Gasteiger partial charge in [-0.25, -0.2) is 13.1 Å². The molecule has 6 nitrogen and oxygen atoms in total. The lowest BCUT2D eigenvalue weighted by Crippen LogP contribution is -2.27. The maximum Gasteiger partial charge on any atom is 0.251 e. The SMILES string of the molecule is CCOCCNS(=O)(=O)c1ccc2[nH]c(=O)c3c(c2c1)CCCC3. The van der Waals surface area contributed by atoms with Crippen molar-refractivity contribution in [2.45, 2.75) is 37.5 Å². The van der Waals surface area contributed by atoms with Crippen LogP contribution in [0, 0.1) is 0 Å². The molecule has 0 atom stereocenters. The molecule has 2 N–H and O–H groups in total. The van der Waals surface area contributed by atoms with Crippen LogP contribution in [0.15, 0.2) is 27.9 Å². The lowest BCUT2D eigenvalue weighted by Gasteiger charge is -2.17. The molecule has 1 aliphatic rings. The number of benzene rings is 1. The van der Waals surface area contributed by atoms with Gasteiger partial charge < -0.3 is 9.72 Å². The highest BCUT2D eigenvalue weighted by atomic mass is 32.2. The van der Waals surface area contributed by atoms with Crippen LogP contribution in [-0.2, 0) is 27.6 Å². The quantitative estimate of drug-likeness (QED) is 0.777. The number of nitrogens with one attached hydrogen (secondary N) is 2. The van der Waals surface area contributed by atoms with Gasteiger partial charge in [0.25, 0.3) is 5.56 Å². The Morgan fingerprint density at radius 3 is 2.71 bits per heavy atom. The Hall–Kier alpha value is -1.70. The maximum atomic E-state index is 12.4. The standard InChI is InChI=1S/C17H22N2O4S/c1-2-23-10-9-18-24(21,22)12-7-8-16-15(11-12)13-5-3-4-6-14(13)17(20)19-16/h7-8,11,18H,2-6,9-10H2,1H3,(H,19,20). The van der Waals surface area contributed by atoms with Crippen molar-refractivity contribution >= 4 is 20.9 Å². The molecule has 1 heterocycles.